The van der Waals surface area contributed by atoms with E-state index in [1.54, 1.807) is 42.5 Å². The number of amides is 1. The lowest BCUT2D eigenvalue weighted by Crippen LogP contribution is -2.38. The molecule has 1 heterocycles. The Labute approximate surface area is 186 Å². The van der Waals surface area contributed by atoms with Gasteiger partial charge in [-0.25, -0.2) is 8.78 Å². The minimum atomic E-state index is -3.88. The summed E-state index contributed by atoms with van der Waals surface area (Å²) in [5, 5.41) is 2.77. The topological polar surface area (TPSA) is 72.5 Å². The molecule has 8 heteroatoms. The minimum absolute atomic E-state index is 0.00570. The molecule has 3 atom stereocenters. The molecule has 0 spiro atoms. The third-order valence-electron chi connectivity index (χ3n) is 5.59. The largest absolute Gasteiger partial charge is 0.593 e. The molecular formula is C24H22F2N2O3S. The van der Waals surface area contributed by atoms with Crippen molar-refractivity contribution in [2.75, 3.05) is 6.54 Å². The van der Waals surface area contributed by atoms with E-state index < -0.39 is 34.0 Å². The fourth-order valence-electron chi connectivity index (χ4n) is 3.96. The molecule has 1 unspecified atom stereocenters. The van der Waals surface area contributed by atoms with Crippen molar-refractivity contribution in [1.82, 2.24) is 9.62 Å². The standard InChI is InChI=1S/C24H22F2N2O3S/c25-20-11-9-18(10-12-20)23-14-19(24(29)27-15-17-5-4-6-21(26)13-17)16-28(23)32(30,31)22-7-2-1-3-8-22/h1-13,19,23H,14-16H2,(H-,27,29,30,31)/t19-,23+/m1/s1. The average Bonchev–Trinajstić information content (AvgIpc) is 3.25. The molecule has 1 saturated heterocycles. The molecular weight excluding hydrogens is 434 g/mol. The van der Waals surface area contributed by atoms with Gasteiger partial charge < -0.3 is 9.87 Å². The lowest BCUT2D eigenvalue weighted by atomic mass is 9.99. The van der Waals surface area contributed by atoms with Crippen LogP contribution in [0.4, 0.5) is 8.78 Å². The van der Waals surface area contributed by atoms with Crippen molar-refractivity contribution in [2.24, 2.45) is 5.92 Å². The number of nitrogens with zero attached hydrogens (tertiary/aromatic N) is 1. The van der Waals surface area contributed by atoms with Crippen LogP contribution in [0, 0.1) is 17.6 Å². The fourth-order valence-corrected chi connectivity index (χ4v) is 5.65. The van der Waals surface area contributed by atoms with Crippen LogP contribution in [0.25, 0.3) is 0 Å². The Kier molecular flexibility index (Phi) is 6.45. The maximum Gasteiger partial charge on any atom is 0.224 e. The Balaban J connectivity index is 1.57. The van der Waals surface area contributed by atoms with Crippen molar-refractivity contribution in [3.8, 4) is 0 Å². The molecule has 1 amide bonds. The summed E-state index contributed by atoms with van der Waals surface area (Å²) in [6.45, 7) is 0.133. The summed E-state index contributed by atoms with van der Waals surface area (Å²) < 4.78 is 54.8. The van der Waals surface area contributed by atoms with Gasteiger partial charge in [0.15, 0.2) is 15.3 Å². The number of sulfonamides is 1. The smallest absolute Gasteiger partial charge is 0.224 e. The highest BCUT2D eigenvalue weighted by Gasteiger charge is 2.46. The Hall–Kier alpha value is -2.94. The molecule has 1 N–H and O–H groups in total. The van der Waals surface area contributed by atoms with E-state index in [0.29, 0.717) is 11.1 Å². The van der Waals surface area contributed by atoms with Gasteiger partial charge in [-0.3, -0.25) is 4.79 Å². The van der Waals surface area contributed by atoms with Gasteiger partial charge in [0.2, 0.25) is 5.91 Å². The summed E-state index contributed by atoms with van der Waals surface area (Å²) in [4.78, 5) is 13.0. The number of benzene rings is 3. The Bertz CT molecular complexity index is 1140. The molecule has 1 aliphatic rings. The van der Waals surface area contributed by atoms with Gasteiger partial charge >= 0.3 is 0 Å². The van der Waals surface area contributed by atoms with Crippen LogP contribution in [-0.4, -0.2) is 21.3 Å². The van der Waals surface area contributed by atoms with Crippen molar-refractivity contribution in [3.05, 3.63) is 102 Å². The number of nitrogens with one attached hydrogen (secondary N) is 1. The highest BCUT2D eigenvalue weighted by atomic mass is 32.3. The van der Waals surface area contributed by atoms with Crippen molar-refractivity contribution in [1.29, 1.82) is 0 Å². The van der Waals surface area contributed by atoms with E-state index in [2.05, 4.69) is 5.32 Å². The zero-order chi connectivity index (χ0) is 22.7. The van der Waals surface area contributed by atoms with Gasteiger partial charge in [-0.1, -0.05) is 46.7 Å². The van der Waals surface area contributed by atoms with Crippen molar-refractivity contribution >= 4 is 16.3 Å². The van der Waals surface area contributed by atoms with Gasteiger partial charge in [0.25, 0.3) is 0 Å². The summed E-state index contributed by atoms with van der Waals surface area (Å²) in [6, 6.07) is 19.0. The van der Waals surface area contributed by atoms with Gasteiger partial charge in [0, 0.05) is 6.54 Å². The van der Waals surface area contributed by atoms with Crippen molar-refractivity contribution < 1.29 is 22.3 Å². The second-order valence-corrected chi connectivity index (χ2v) is 9.63. The van der Waals surface area contributed by atoms with E-state index in [4.69, 9.17) is 0 Å². The second-order valence-electron chi connectivity index (χ2n) is 7.74. The number of rotatable bonds is 6. The van der Waals surface area contributed by atoms with Crippen molar-refractivity contribution in [3.63, 3.8) is 0 Å². The monoisotopic (exact) mass is 456 g/mol. The SMILES string of the molecule is O=C(NCc1cccc(F)c1)[C@@H]1C[C@@H](c2ccc(F)cc2)N([S+](=O)([O-])c2ccccc2)C1. The van der Waals surface area contributed by atoms with E-state index in [9.17, 15) is 22.3 Å². The van der Waals surface area contributed by atoms with Gasteiger partial charge in [0.05, 0.1) is 18.5 Å². The van der Waals surface area contributed by atoms with Crippen molar-refractivity contribution in [2.45, 2.75) is 23.9 Å². The first-order chi connectivity index (χ1) is 15.3. The lowest BCUT2D eigenvalue weighted by molar-refractivity contribution is -0.124. The molecule has 1 aliphatic heterocycles. The fraction of sp³-hybridized carbons (Fsp3) is 0.208. The van der Waals surface area contributed by atoms with E-state index in [0.717, 1.165) is 0 Å². The predicted octanol–water partition coefficient (Wildman–Crippen LogP) is 4.25. The summed E-state index contributed by atoms with van der Waals surface area (Å²) in [6.07, 6.45) is 0.257. The number of carbonyl (C=O) groups excluding carboxylic acids is 1. The molecule has 166 valence electrons. The first kappa shape index (κ1) is 22.3. The molecule has 0 aromatic heterocycles. The van der Waals surface area contributed by atoms with Crippen LogP contribution in [0.1, 0.15) is 23.6 Å². The Morgan fingerprint density at radius 2 is 1.72 bits per heavy atom. The molecule has 0 aliphatic carbocycles. The average molecular weight is 457 g/mol. The number of carbonyl (C=O) groups is 1. The van der Waals surface area contributed by atoms with E-state index in [1.165, 1.54) is 40.7 Å². The molecule has 3 aromatic carbocycles. The van der Waals surface area contributed by atoms with Crippen LogP contribution in [0.15, 0.2) is 83.8 Å². The molecule has 0 bridgehead atoms. The number of halogens is 2. The maximum absolute atomic E-state index is 13.4. The summed E-state index contributed by atoms with van der Waals surface area (Å²) in [5.41, 5.74) is 1.23. The Morgan fingerprint density at radius 3 is 2.41 bits per heavy atom. The highest BCUT2D eigenvalue weighted by molar-refractivity contribution is 7.95. The molecule has 0 saturated carbocycles. The molecule has 0 radical (unpaired) electrons. The van der Waals surface area contributed by atoms with E-state index in [1.807, 2.05) is 0 Å². The summed E-state index contributed by atoms with van der Waals surface area (Å²) in [5.74, 6) is -1.73. The van der Waals surface area contributed by atoms with Crippen LogP contribution >= 0.6 is 0 Å². The quantitative estimate of drug-likeness (QED) is 0.564. The zero-order valence-corrected chi connectivity index (χ0v) is 17.9. The highest BCUT2D eigenvalue weighted by Crippen LogP contribution is 2.41. The number of hydrogen-bond donors (Lipinski definition) is 1. The predicted molar refractivity (Wildman–Crippen MR) is 116 cm³/mol. The number of hydrogen-bond acceptors (Lipinski definition) is 3. The molecule has 3 aromatic rings. The lowest BCUT2D eigenvalue weighted by Gasteiger charge is -2.28. The Morgan fingerprint density at radius 1 is 1.00 bits per heavy atom. The van der Waals surface area contributed by atoms with Crippen LogP contribution in [0.3, 0.4) is 0 Å². The van der Waals surface area contributed by atoms with Gasteiger partial charge in [-0.05, 0) is 53.9 Å². The normalized spacial score (nSPS) is 20.6. The summed E-state index contributed by atoms with van der Waals surface area (Å²) >= 11 is 0. The van der Waals surface area contributed by atoms with Crippen LogP contribution in [-0.2, 0) is 25.9 Å². The van der Waals surface area contributed by atoms with E-state index >= 15 is 0 Å². The van der Waals surface area contributed by atoms with Crippen LogP contribution < -0.4 is 5.32 Å². The van der Waals surface area contributed by atoms with E-state index in [-0.39, 0.29) is 30.3 Å². The molecule has 5 nitrogen and oxygen atoms in total. The van der Waals surface area contributed by atoms with Gasteiger partial charge in [0.1, 0.15) is 11.6 Å². The maximum atomic E-state index is 13.4. The third kappa shape index (κ3) is 4.77. The van der Waals surface area contributed by atoms with Crippen LogP contribution in [0.5, 0.6) is 0 Å². The zero-order valence-electron chi connectivity index (χ0n) is 17.1. The molecule has 1 fully saturated rings. The van der Waals surface area contributed by atoms with Crippen LogP contribution in [0.2, 0.25) is 0 Å². The van der Waals surface area contributed by atoms with Gasteiger partial charge in [-0.2, -0.15) is 0 Å². The molecule has 4 rings (SSSR count). The molecule has 32 heavy (non-hydrogen) atoms. The third-order valence-corrected chi connectivity index (χ3v) is 7.48. The van der Waals surface area contributed by atoms with Gasteiger partial charge in [-0.15, -0.1) is 4.31 Å². The first-order valence-electron chi connectivity index (χ1n) is 10.2. The first-order valence-corrected chi connectivity index (χ1v) is 11.6. The summed E-state index contributed by atoms with van der Waals surface area (Å²) in [7, 11) is -3.88. The minimum Gasteiger partial charge on any atom is -0.593 e. The second kappa shape index (κ2) is 9.28.